The van der Waals surface area contributed by atoms with E-state index in [1.165, 1.54) is 23.2 Å². The highest BCUT2D eigenvalue weighted by molar-refractivity contribution is 5.54. The molecule has 1 aliphatic carbocycles. The highest BCUT2D eigenvalue weighted by atomic mass is 15.2. The molecule has 19 heavy (non-hydrogen) atoms. The fraction of sp³-hybridized carbons (Fsp3) is 0.294. The van der Waals surface area contributed by atoms with E-state index < -0.39 is 0 Å². The van der Waals surface area contributed by atoms with Gasteiger partial charge in [-0.2, -0.15) is 0 Å². The first-order chi connectivity index (χ1) is 9.29. The van der Waals surface area contributed by atoms with Crippen molar-refractivity contribution in [2.24, 2.45) is 0 Å². The molecular weight excluding hydrogens is 232 g/mol. The molecular formula is C17H20N2. The number of nitrogens with two attached hydrogens (primary N) is 1. The maximum absolute atomic E-state index is 5.88. The quantitative estimate of drug-likeness (QED) is 0.842. The van der Waals surface area contributed by atoms with Crippen LogP contribution in [0.25, 0.3) is 0 Å². The minimum atomic E-state index is 0.489. The molecule has 3 rings (SSSR count). The molecule has 0 amide bonds. The average molecular weight is 252 g/mol. The first kappa shape index (κ1) is 12.1. The lowest BCUT2D eigenvalue weighted by molar-refractivity contribution is 0.628. The van der Waals surface area contributed by atoms with Crippen LogP contribution in [0.2, 0.25) is 0 Å². The number of hydrogen-bond acceptors (Lipinski definition) is 2. The number of benzene rings is 2. The Morgan fingerprint density at radius 2 is 1.95 bits per heavy atom. The van der Waals surface area contributed by atoms with Gasteiger partial charge in [-0.3, -0.25) is 0 Å². The topological polar surface area (TPSA) is 29.3 Å². The Bertz CT molecular complexity index is 563. The summed E-state index contributed by atoms with van der Waals surface area (Å²) in [5, 5.41) is 0. The molecule has 1 atom stereocenters. The van der Waals surface area contributed by atoms with Crippen molar-refractivity contribution in [2.75, 3.05) is 17.2 Å². The zero-order valence-electron chi connectivity index (χ0n) is 11.3. The van der Waals surface area contributed by atoms with E-state index in [2.05, 4.69) is 54.3 Å². The molecule has 0 aliphatic heterocycles. The largest absolute Gasteiger partial charge is 0.399 e. The van der Waals surface area contributed by atoms with Crippen molar-refractivity contribution < 1.29 is 0 Å². The van der Waals surface area contributed by atoms with Gasteiger partial charge in [0.2, 0.25) is 0 Å². The number of hydrogen-bond donors (Lipinski definition) is 1. The zero-order valence-corrected chi connectivity index (χ0v) is 11.3. The van der Waals surface area contributed by atoms with E-state index in [0.717, 1.165) is 18.7 Å². The van der Waals surface area contributed by atoms with Crippen LogP contribution in [0.5, 0.6) is 0 Å². The van der Waals surface area contributed by atoms with E-state index in [0.29, 0.717) is 6.04 Å². The lowest BCUT2D eigenvalue weighted by Crippen LogP contribution is -2.26. The third kappa shape index (κ3) is 2.19. The van der Waals surface area contributed by atoms with Crippen molar-refractivity contribution in [2.45, 2.75) is 25.8 Å². The second-order valence-corrected chi connectivity index (χ2v) is 5.13. The molecule has 0 saturated heterocycles. The number of nitrogens with zero attached hydrogens (tertiary/aromatic N) is 1. The van der Waals surface area contributed by atoms with Crippen LogP contribution in [0.3, 0.4) is 0 Å². The van der Waals surface area contributed by atoms with Gasteiger partial charge < -0.3 is 10.6 Å². The van der Waals surface area contributed by atoms with Crippen molar-refractivity contribution in [1.82, 2.24) is 0 Å². The summed E-state index contributed by atoms with van der Waals surface area (Å²) in [4.78, 5) is 2.49. The zero-order chi connectivity index (χ0) is 13.2. The number of nitrogen functional groups attached to an aromatic ring is 1. The summed E-state index contributed by atoms with van der Waals surface area (Å²) in [6.45, 7) is 3.25. The van der Waals surface area contributed by atoms with Crippen molar-refractivity contribution >= 4 is 11.4 Å². The lowest BCUT2D eigenvalue weighted by atomic mass is 10.1. The molecule has 1 unspecified atom stereocenters. The van der Waals surface area contributed by atoms with Crippen LogP contribution in [0, 0.1) is 0 Å². The standard InChI is InChI=1S/C17H20N2/c1-2-19(15-6-4-3-5-7-15)17-11-8-13-12-14(18)9-10-16(13)17/h3-7,9-10,12,17H,2,8,11,18H2,1H3. The molecule has 1 aliphatic rings. The molecule has 0 radical (unpaired) electrons. The lowest BCUT2D eigenvalue weighted by Gasteiger charge is -2.30. The van der Waals surface area contributed by atoms with Gasteiger partial charge in [0, 0.05) is 17.9 Å². The third-order valence-electron chi connectivity index (χ3n) is 4.02. The summed E-state index contributed by atoms with van der Waals surface area (Å²) in [6, 6.07) is 17.5. The van der Waals surface area contributed by atoms with Crippen LogP contribution in [-0.4, -0.2) is 6.54 Å². The molecule has 2 aromatic carbocycles. The fourth-order valence-electron chi connectivity index (χ4n) is 3.14. The van der Waals surface area contributed by atoms with E-state index >= 15 is 0 Å². The van der Waals surface area contributed by atoms with E-state index in [4.69, 9.17) is 5.73 Å². The van der Waals surface area contributed by atoms with Crippen molar-refractivity contribution in [3.8, 4) is 0 Å². The van der Waals surface area contributed by atoms with Crippen molar-refractivity contribution in [3.05, 3.63) is 59.7 Å². The molecule has 2 heteroatoms. The Balaban J connectivity index is 1.95. The van der Waals surface area contributed by atoms with E-state index in [-0.39, 0.29) is 0 Å². The summed E-state index contributed by atoms with van der Waals surface area (Å²) in [7, 11) is 0. The molecule has 0 saturated carbocycles. The number of fused-ring (bicyclic) bond motifs is 1. The maximum Gasteiger partial charge on any atom is 0.0548 e. The normalized spacial score (nSPS) is 17.2. The summed E-state index contributed by atoms with van der Waals surface area (Å²) < 4.78 is 0. The third-order valence-corrected chi connectivity index (χ3v) is 4.02. The Kier molecular flexibility index (Phi) is 3.16. The van der Waals surface area contributed by atoms with Gasteiger partial charge in [-0.1, -0.05) is 24.3 Å². The Hall–Kier alpha value is -1.96. The van der Waals surface area contributed by atoms with Gasteiger partial charge in [0.25, 0.3) is 0 Å². The summed E-state index contributed by atoms with van der Waals surface area (Å²) in [5.74, 6) is 0. The van der Waals surface area contributed by atoms with Gasteiger partial charge in [0.1, 0.15) is 0 Å². The van der Waals surface area contributed by atoms with Crippen LogP contribution in [-0.2, 0) is 6.42 Å². The van der Waals surface area contributed by atoms with Crippen molar-refractivity contribution in [1.29, 1.82) is 0 Å². The van der Waals surface area contributed by atoms with E-state index in [1.807, 2.05) is 6.07 Å². The fourth-order valence-corrected chi connectivity index (χ4v) is 3.14. The molecule has 0 heterocycles. The molecule has 2 N–H and O–H groups in total. The van der Waals surface area contributed by atoms with Crippen LogP contribution in [0.15, 0.2) is 48.5 Å². The second-order valence-electron chi connectivity index (χ2n) is 5.13. The molecule has 0 fully saturated rings. The van der Waals surface area contributed by atoms with Gasteiger partial charge >= 0.3 is 0 Å². The number of anilines is 2. The highest BCUT2D eigenvalue weighted by Gasteiger charge is 2.27. The summed E-state index contributed by atoms with van der Waals surface area (Å²) in [5.41, 5.74) is 10.9. The maximum atomic E-state index is 5.88. The van der Waals surface area contributed by atoms with E-state index in [1.54, 1.807) is 0 Å². The first-order valence-electron chi connectivity index (χ1n) is 6.99. The molecule has 0 aromatic heterocycles. The van der Waals surface area contributed by atoms with Gasteiger partial charge in [0.05, 0.1) is 6.04 Å². The van der Waals surface area contributed by atoms with Crippen LogP contribution in [0.4, 0.5) is 11.4 Å². The summed E-state index contributed by atoms with van der Waals surface area (Å²) in [6.07, 6.45) is 2.32. The van der Waals surface area contributed by atoms with Gasteiger partial charge in [0.15, 0.2) is 0 Å². The minimum absolute atomic E-state index is 0.489. The Morgan fingerprint density at radius 1 is 1.16 bits per heavy atom. The highest BCUT2D eigenvalue weighted by Crippen LogP contribution is 2.38. The SMILES string of the molecule is CCN(c1ccccc1)C1CCc2cc(N)ccc21. The predicted molar refractivity (Wildman–Crippen MR) is 81.4 cm³/mol. The van der Waals surface area contributed by atoms with Gasteiger partial charge in [-0.05, 0) is 55.2 Å². The van der Waals surface area contributed by atoms with Gasteiger partial charge in [-0.15, -0.1) is 0 Å². The minimum Gasteiger partial charge on any atom is -0.399 e. The van der Waals surface area contributed by atoms with Crippen LogP contribution >= 0.6 is 0 Å². The monoisotopic (exact) mass is 252 g/mol. The average Bonchev–Trinajstić information content (AvgIpc) is 2.84. The first-order valence-corrected chi connectivity index (χ1v) is 6.99. The Labute approximate surface area is 114 Å². The molecule has 2 nitrogen and oxygen atoms in total. The van der Waals surface area contributed by atoms with Crippen LogP contribution < -0.4 is 10.6 Å². The number of rotatable bonds is 3. The molecule has 2 aromatic rings. The van der Waals surface area contributed by atoms with E-state index in [9.17, 15) is 0 Å². The predicted octanol–water partition coefficient (Wildman–Crippen LogP) is 3.78. The molecule has 0 spiro atoms. The number of aryl methyl sites for hydroxylation is 1. The summed E-state index contributed by atoms with van der Waals surface area (Å²) >= 11 is 0. The van der Waals surface area contributed by atoms with Crippen LogP contribution in [0.1, 0.15) is 30.5 Å². The second kappa shape index (κ2) is 4.96. The van der Waals surface area contributed by atoms with Crippen molar-refractivity contribution in [3.63, 3.8) is 0 Å². The molecule has 98 valence electrons. The molecule has 0 bridgehead atoms. The Morgan fingerprint density at radius 3 is 2.68 bits per heavy atom. The number of para-hydroxylation sites is 1. The van der Waals surface area contributed by atoms with Gasteiger partial charge in [-0.25, -0.2) is 0 Å². The smallest absolute Gasteiger partial charge is 0.0548 e.